The molecule has 4 atom stereocenters. The highest BCUT2D eigenvalue weighted by molar-refractivity contribution is 7.99. The van der Waals surface area contributed by atoms with Crippen molar-refractivity contribution in [2.24, 2.45) is 5.92 Å². The molecule has 13 nitrogen and oxygen atoms in total. The first kappa shape index (κ1) is 31.9. The number of amides is 2. The van der Waals surface area contributed by atoms with Gasteiger partial charge < -0.3 is 35.1 Å². The number of aliphatic hydroxyl groups is 1. The number of thioether (sulfide) groups is 1. The van der Waals surface area contributed by atoms with Crippen molar-refractivity contribution in [1.29, 1.82) is 0 Å². The number of aromatic hydroxyl groups is 1. The van der Waals surface area contributed by atoms with E-state index in [4.69, 9.17) is 14.2 Å². The summed E-state index contributed by atoms with van der Waals surface area (Å²) in [7, 11) is 0. The number of phenols is 1. The van der Waals surface area contributed by atoms with Gasteiger partial charge in [-0.1, -0.05) is 55.1 Å². The molecule has 45 heavy (non-hydrogen) atoms. The Morgan fingerprint density at radius 2 is 1.82 bits per heavy atom. The number of esters is 1. The molecule has 0 aliphatic carbocycles. The van der Waals surface area contributed by atoms with Crippen molar-refractivity contribution in [1.82, 2.24) is 25.5 Å². The number of aromatic nitrogens is 4. The van der Waals surface area contributed by atoms with E-state index in [1.807, 2.05) is 30.3 Å². The first-order valence-corrected chi connectivity index (χ1v) is 15.3. The molecule has 1 saturated heterocycles. The average Bonchev–Trinajstić information content (AvgIpc) is 3.53. The van der Waals surface area contributed by atoms with Gasteiger partial charge in [0.1, 0.15) is 12.3 Å². The second-order valence-electron chi connectivity index (χ2n) is 10.3. The normalized spacial score (nSPS) is 19.5. The number of hydrogen-bond donors (Lipinski definition) is 4. The van der Waals surface area contributed by atoms with Crippen LogP contribution in [-0.2, 0) is 25.6 Å². The van der Waals surface area contributed by atoms with Crippen molar-refractivity contribution in [2.45, 2.75) is 44.1 Å². The van der Waals surface area contributed by atoms with Crippen molar-refractivity contribution in [3.05, 3.63) is 89.5 Å². The van der Waals surface area contributed by atoms with Crippen LogP contribution in [0, 0.1) is 5.92 Å². The molecule has 0 spiro atoms. The van der Waals surface area contributed by atoms with Crippen LogP contribution in [0.15, 0.2) is 78.0 Å². The van der Waals surface area contributed by atoms with E-state index in [0.29, 0.717) is 27.8 Å². The molecular formula is C31H34N6O7S. The number of urea groups is 1. The maximum atomic E-state index is 12.4. The molecule has 4 N–H and O–H groups in total. The van der Waals surface area contributed by atoms with Crippen LogP contribution in [0.2, 0.25) is 0 Å². The summed E-state index contributed by atoms with van der Waals surface area (Å²) >= 11 is 1.43. The fourth-order valence-corrected chi connectivity index (χ4v) is 5.85. The highest BCUT2D eigenvalue weighted by atomic mass is 32.2. The van der Waals surface area contributed by atoms with Gasteiger partial charge in [0.25, 0.3) is 0 Å². The summed E-state index contributed by atoms with van der Waals surface area (Å²) in [6.45, 7) is 3.67. The smallest absolute Gasteiger partial charge is 0.325 e. The fourth-order valence-electron chi connectivity index (χ4n) is 4.79. The number of rotatable bonds is 11. The second kappa shape index (κ2) is 15.0. The first-order valence-electron chi connectivity index (χ1n) is 14.4. The molecule has 0 bridgehead atoms. The Kier molecular flexibility index (Phi) is 10.6. The molecule has 236 valence electrons. The summed E-state index contributed by atoms with van der Waals surface area (Å²) in [5.74, 6) is 0.0327. The van der Waals surface area contributed by atoms with Gasteiger partial charge in [-0.15, -0.1) is 5.10 Å². The van der Waals surface area contributed by atoms with Crippen molar-refractivity contribution in [3.8, 4) is 11.4 Å². The number of benzene rings is 3. The molecule has 3 aromatic carbocycles. The molecule has 1 aromatic heterocycles. The number of carbonyl (C=O) groups is 2. The van der Waals surface area contributed by atoms with Crippen LogP contribution in [0.25, 0.3) is 5.69 Å². The highest BCUT2D eigenvalue weighted by Gasteiger charge is 2.38. The molecule has 0 radical (unpaired) electrons. The molecule has 1 fully saturated rings. The molecule has 2 heterocycles. The molecule has 1 aliphatic heterocycles. The topological polar surface area (TPSA) is 170 Å². The summed E-state index contributed by atoms with van der Waals surface area (Å²) in [6, 6.07) is 20.8. The van der Waals surface area contributed by atoms with E-state index in [1.165, 1.54) is 11.8 Å². The number of ether oxygens (including phenoxy) is 3. The van der Waals surface area contributed by atoms with Gasteiger partial charge in [-0.25, -0.2) is 4.79 Å². The Morgan fingerprint density at radius 3 is 2.56 bits per heavy atom. The number of tetrazole rings is 1. The lowest BCUT2D eigenvalue weighted by Gasteiger charge is -2.41. The maximum absolute atomic E-state index is 12.4. The molecule has 0 saturated carbocycles. The summed E-state index contributed by atoms with van der Waals surface area (Å²) in [5, 5.41) is 37.1. The van der Waals surface area contributed by atoms with Gasteiger partial charge in [0.05, 0.1) is 31.1 Å². The highest BCUT2D eigenvalue weighted by Crippen LogP contribution is 2.43. The number of phenolic OH excluding ortho intramolecular Hbond substituents is 1. The monoisotopic (exact) mass is 634 g/mol. The minimum Gasteiger partial charge on any atom is -0.508 e. The van der Waals surface area contributed by atoms with Crippen molar-refractivity contribution >= 4 is 29.4 Å². The Bertz CT molecular complexity index is 1580. The van der Waals surface area contributed by atoms with E-state index in [-0.39, 0.29) is 43.6 Å². The Labute approximate surface area is 263 Å². The number of aliphatic hydroxyl groups excluding tert-OH is 1. The third kappa shape index (κ3) is 8.16. The van der Waals surface area contributed by atoms with E-state index in [9.17, 15) is 19.8 Å². The zero-order valence-corrected chi connectivity index (χ0v) is 25.5. The van der Waals surface area contributed by atoms with Crippen LogP contribution in [0.1, 0.15) is 42.9 Å². The van der Waals surface area contributed by atoms with Gasteiger partial charge in [0, 0.05) is 22.9 Å². The number of nitrogens with zero attached hydrogens (tertiary/aromatic N) is 4. The van der Waals surface area contributed by atoms with Crippen LogP contribution in [0.3, 0.4) is 0 Å². The number of hydrogen-bond acceptors (Lipinski definition) is 11. The van der Waals surface area contributed by atoms with Gasteiger partial charge in [-0.05, 0) is 64.9 Å². The predicted octanol–water partition coefficient (Wildman–Crippen LogP) is 4.13. The quantitative estimate of drug-likeness (QED) is 0.138. The lowest BCUT2D eigenvalue weighted by Crippen LogP contribution is -2.38. The summed E-state index contributed by atoms with van der Waals surface area (Å²) in [4.78, 5) is 24.0. The van der Waals surface area contributed by atoms with Crippen molar-refractivity contribution in [2.75, 3.05) is 24.2 Å². The summed E-state index contributed by atoms with van der Waals surface area (Å²) in [5.41, 5.74) is 3.61. The van der Waals surface area contributed by atoms with Gasteiger partial charge in [0.2, 0.25) is 5.16 Å². The number of carbonyl (C=O) groups excluding carboxylic acids is 2. The van der Waals surface area contributed by atoms with E-state index < -0.39 is 18.3 Å². The minimum atomic E-state index is -0.772. The SMILES string of the molecule is CCOC(=O)CNC(=O)Nc1cccc([C@@H]2O[C@H](CSc3nnnn3-c3ccc(O)cc3)[C@H](C)[C@H](c3ccc(CO)cc3)O2)c1. The van der Waals surface area contributed by atoms with Crippen molar-refractivity contribution < 1.29 is 34.0 Å². The minimum absolute atomic E-state index is 0.0603. The molecule has 0 unspecified atom stereocenters. The van der Waals surface area contributed by atoms with Crippen LogP contribution in [0.5, 0.6) is 5.75 Å². The van der Waals surface area contributed by atoms with E-state index in [1.54, 1.807) is 54.1 Å². The zero-order valence-electron chi connectivity index (χ0n) is 24.7. The lowest BCUT2D eigenvalue weighted by atomic mass is 9.91. The Morgan fingerprint density at radius 1 is 1.04 bits per heavy atom. The number of anilines is 1. The second-order valence-corrected chi connectivity index (χ2v) is 11.2. The number of nitrogens with one attached hydrogen (secondary N) is 2. The third-order valence-electron chi connectivity index (χ3n) is 7.15. The summed E-state index contributed by atoms with van der Waals surface area (Å²) < 4.78 is 19.5. The van der Waals surface area contributed by atoms with Crippen LogP contribution in [0.4, 0.5) is 10.5 Å². The van der Waals surface area contributed by atoms with Gasteiger partial charge in [-0.3, -0.25) is 4.79 Å². The Hall–Kier alpha value is -4.50. The third-order valence-corrected chi connectivity index (χ3v) is 8.16. The van der Waals surface area contributed by atoms with E-state index >= 15 is 0 Å². The molecule has 5 rings (SSSR count). The first-order chi connectivity index (χ1) is 21.8. The standard InChI is InChI=1S/C31H34N6O7S/c1-3-42-27(40)16-32-30(41)33-23-6-4-5-22(15-23)29-43-26(19(2)28(44-29)21-9-7-20(17-38)8-10-21)18-45-31-34-35-36-37(31)24-11-13-25(39)14-12-24/h4-15,19,26,28-29,38-39H,3,16-18H2,1-2H3,(H2,32,33,41)/t19-,26+,28+,29+/m0/s1. The van der Waals surface area contributed by atoms with Gasteiger partial charge in [-0.2, -0.15) is 4.68 Å². The fraction of sp³-hybridized carbons (Fsp3) is 0.323. The van der Waals surface area contributed by atoms with Crippen LogP contribution < -0.4 is 10.6 Å². The van der Waals surface area contributed by atoms with Crippen molar-refractivity contribution in [3.63, 3.8) is 0 Å². The van der Waals surface area contributed by atoms with Crippen LogP contribution >= 0.6 is 11.8 Å². The van der Waals surface area contributed by atoms with E-state index in [0.717, 1.165) is 11.1 Å². The van der Waals surface area contributed by atoms with Crippen LogP contribution in [-0.4, -0.2) is 67.4 Å². The average molecular weight is 635 g/mol. The predicted molar refractivity (Wildman–Crippen MR) is 165 cm³/mol. The molecule has 1 aliphatic rings. The molecule has 14 heteroatoms. The molecular weight excluding hydrogens is 600 g/mol. The molecule has 4 aromatic rings. The zero-order chi connectivity index (χ0) is 31.8. The summed E-state index contributed by atoms with van der Waals surface area (Å²) in [6.07, 6.45) is -1.42. The largest absolute Gasteiger partial charge is 0.508 e. The van der Waals surface area contributed by atoms with Gasteiger partial charge >= 0.3 is 12.0 Å². The van der Waals surface area contributed by atoms with E-state index in [2.05, 4.69) is 33.1 Å². The Balaban J connectivity index is 1.34. The lowest BCUT2D eigenvalue weighted by molar-refractivity contribution is -0.268. The molecule has 2 amide bonds. The maximum Gasteiger partial charge on any atom is 0.325 e. The van der Waals surface area contributed by atoms with Gasteiger partial charge in [0.15, 0.2) is 6.29 Å².